The Hall–Kier alpha value is -2.67. The fourth-order valence-corrected chi connectivity index (χ4v) is 3.80. The number of nitrogens with one attached hydrogen (secondary N) is 2. The van der Waals surface area contributed by atoms with Gasteiger partial charge < -0.3 is 10.6 Å². The SMILES string of the molecule is Cc1cccc(C)c1NC(=O)CNC(=O)c1cc2c(C)nn(C)c2s1. The van der Waals surface area contributed by atoms with E-state index in [0.29, 0.717) is 4.88 Å². The zero-order chi connectivity index (χ0) is 18.1. The first kappa shape index (κ1) is 17.2. The number of nitrogens with zero attached hydrogens (tertiary/aromatic N) is 2. The summed E-state index contributed by atoms with van der Waals surface area (Å²) in [6, 6.07) is 7.64. The third-order valence-electron chi connectivity index (χ3n) is 4.08. The van der Waals surface area contributed by atoms with Crippen LogP contribution in [0.3, 0.4) is 0 Å². The number of hydrogen-bond donors (Lipinski definition) is 2. The maximum absolute atomic E-state index is 12.3. The van der Waals surface area contributed by atoms with Crippen LogP contribution < -0.4 is 10.6 Å². The van der Waals surface area contributed by atoms with Crippen LogP contribution >= 0.6 is 11.3 Å². The number of fused-ring (bicyclic) bond motifs is 1. The van der Waals surface area contributed by atoms with Crippen molar-refractivity contribution in [2.24, 2.45) is 7.05 Å². The van der Waals surface area contributed by atoms with Gasteiger partial charge in [-0.2, -0.15) is 5.10 Å². The fourth-order valence-electron chi connectivity index (χ4n) is 2.76. The van der Waals surface area contributed by atoms with Gasteiger partial charge in [-0.05, 0) is 38.0 Å². The minimum atomic E-state index is -0.253. The molecule has 3 aromatic rings. The quantitative estimate of drug-likeness (QED) is 0.755. The Labute approximate surface area is 149 Å². The Kier molecular flexibility index (Phi) is 4.59. The van der Waals surface area contributed by atoms with Gasteiger partial charge in [-0.25, -0.2) is 0 Å². The van der Waals surface area contributed by atoms with Crippen LogP contribution in [0.2, 0.25) is 0 Å². The van der Waals surface area contributed by atoms with Crippen molar-refractivity contribution in [1.29, 1.82) is 0 Å². The lowest BCUT2D eigenvalue weighted by Crippen LogP contribution is -2.32. The molecule has 0 spiro atoms. The molecule has 0 atom stereocenters. The Morgan fingerprint density at radius 3 is 2.52 bits per heavy atom. The van der Waals surface area contributed by atoms with E-state index in [2.05, 4.69) is 15.7 Å². The van der Waals surface area contributed by atoms with Crippen molar-refractivity contribution in [2.45, 2.75) is 20.8 Å². The van der Waals surface area contributed by atoms with Gasteiger partial charge in [0.25, 0.3) is 5.91 Å². The molecule has 1 aromatic carbocycles. The van der Waals surface area contributed by atoms with Crippen molar-refractivity contribution in [3.63, 3.8) is 0 Å². The number of anilines is 1. The standard InChI is InChI=1S/C18H20N4O2S/c1-10-6-5-7-11(2)16(10)20-15(23)9-19-17(24)14-8-13-12(3)21-22(4)18(13)25-14/h5-8H,9H2,1-4H3,(H,19,24)(H,20,23). The average molecular weight is 356 g/mol. The van der Waals surface area contributed by atoms with E-state index in [4.69, 9.17) is 0 Å². The smallest absolute Gasteiger partial charge is 0.261 e. The molecule has 0 unspecified atom stereocenters. The number of rotatable bonds is 4. The highest BCUT2D eigenvalue weighted by Gasteiger charge is 2.16. The lowest BCUT2D eigenvalue weighted by molar-refractivity contribution is -0.115. The third kappa shape index (κ3) is 3.41. The predicted molar refractivity (Wildman–Crippen MR) is 100 cm³/mol. The molecule has 0 fully saturated rings. The molecule has 130 valence electrons. The van der Waals surface area contributed by atoms with Crippen LogP contribution in [-0.4, -0.2) is 28.1 Å². The fraction of sp³-hybridized carbons (Fsp3) is 0.278. The zero-order valence-corrected chi connectivity index (χ0v) is 15.5. The van der Waals surface area contributed by atoms with Crippen LogP contribution in [0.4, 0.5) is 5.69 Å². The number of amides is 2. The summed E-state index contributed by atoms with van der Waals surface area (Å²) in [5.74, 6) is -0.498. The van der Waals surface area contributed by atoms with Crippen LogP contribution in [0.5, 0.6) is 0 Å². The summed E-state index contributed by atoms with van der Waals surface area (Å²) in [6.07, 6.45) is 0. The number of thiophene rings is 1. The molecule has 0 saturated carbocycles. The van der Waals surface area contributed by atoms with Crippen LogP contribution in [0.15, 0.2) is 24.3 Å². The summed E-state index contributed by atoms with van der Waals surface area (Å²) in [7, 11) is 1.85. The first-order chi connectivity index (χ1) is 11.9. The van der Waals surface area contributed by atoms with Gasteiger partial charge in [0.05, 0.1) is 17.1 Å². The number of aryl methyl sites for hydroxylation is 4. The molecule has 7 heteroatoms. The van der Waals surface area contributed by atoms with E-state index in [1.165, 1.54) is 11.3 Å². The molecule has 25 heavy (non-hydrogen) atoms. The second-order valence-corrected chi connectivity index (χ2v) is 7.07. The molecule has 0 saturated heterocycles. The number of aromatic nitrogens is 2. The second kappa shape index (κ2) is 6.68. The molecule has 0 radical (unpaired) electrons. The highest BCUT2D eigenvalue weighted by atomic mass is 32.1. The maximum Gasteiger partial charge on any atom is 0.261 e. The van der Waals surface area contributed by atoms with Gasteiger partial charge in [0.1, 0.15) is 4.83 Å². The zero-order valence-electron chi connectivity index (χ0n) is 14.6. The van der Waals surface area contributed by atoms with E-state index in [0.717, 1.165) is 32.7 Å². The van der Waals surface area contributed by atoms with Gasteiger partial charge in [0.15, 0.2) is 0 Å². The molecule has 3 rings (SSSR count). The molecule has 0 bridgehead atoms. The lowest BCUT2D eigenvalue weighted by atomic mass is 10.1. The van der Waals surface area contributed by atoms with Crippen LogP contribution in [-0.2, 0) is 11.8 Å². The molecule has 6 nitrogen and oxygen atoms in total. The third-order valence-corrected chi connectivity index (χ3v) is 5.28. The second-order valence-electron chi connectivity index (χ2n) is 6.04. The van der Waals surface area contributed by atoms with E-state index >= 15 is 0 Å². The van der Waals surface area contributed by atoms with Gasteiger partial charge in [-0.15, -0.1) is 11.3 Å². The topological polar surface area (TPSA) is 76.0 Å². The van der Waals surface area contributed by atoms with E-state index in [9.17, 15) is 9.59 Å². The number of para-hydroxylation sites is 1. The van der Waals surface area contributed by atoms with Crippen LogP contribution in [0.25, 0.3) is 10.2 Å². The Bertz CT molecular complexity index is 916. The number of hydrogen-bond acceptors (Lipinski definition) is 4. The Morgan fingerprint density at radius 2 is 1.88 bits per heavy atom. The van der Waals surface area contributed by atoms with E-state index in [-0.39, 0.29) is 18.4 Å². The molecule has 0 aliphatic heterocycles. The van der Waals surface area contributed by atoms with Gasteiger partial charge in [-0.3, -0.25) is 14.3 Å². The number of carbonyl (C=O) groups is 2. The predicted octanol–water partition coefficient (Wildman–Crippen LogP) is 2.93. The summed E-state index contributed by atoms with van der Waals surface area (Å²) in [6.45, 7) is 5.72. The summed E-state index contributed by atoms with van der Waals surface area (Å²) in [4.78, 5) is 26.0. The largest absolute Gasteiger partial charge is 0.342 e. The average Bonchev–Trinajstić information content (AvgIpc) is 3.11. The first-order valence-corrected chi connectivity index (χ1v) is 8.76. The van der Waals surface area contributed by atoms with E-state index < -0.39 is 0 Å². The van der Waals surface area contributed by atoms with Crippen molar-refractivity contribution in [2.75, 3.05) is 11.9 Å². The van der Waals surface area contributed by atoms with Gasteiger partial charge in [0, 0.05) is 18.1 Å². The van der Waals surface area contributed by atoms with Gasteiger partial charge >= 0.3 is 0 Å². The van der Waals surface area contributed by atoms with E-state index in [1.54, 1.807) is 4.68 Å². The van der Waals surface area contributed by atoms with Crippen LogP contribution in [0.1, 0.15) is 26.5 Å². The summed E-state index contributed by atoms with van der Waals surface area (Å²) < 4.78 is 1.76. The number of benzene rings is 1. The molecule has 0 aliphatic rings. The molecular weight excluding hydrogens is 336 g/mol. The molecular formula is C18H20N4O2S. The van der Waals surface area contributed by atoms with Crippen LogP contribution in [0, 0.1) is 20.8 Å². The monoisotopic (exact) mass is 356 g/mol. The number of carbonyl (C=O) groups excluding carboxylic acids is 2. The normalized spacial score (nSPS) is 10.9. The minimum absolute atomic E-state index is 0.0713. The van der Waals surface area contributed by atoms with Crippen molar-refractivity contribution in [3.8, 4) is 0 Å². The highest BCUT2D eigenvalue weighted by Crippen LogP contribution is 2.27. The van der Waals surface area contributed by atoms with Gasteiger partial charge in [0.2, 0.25) is 5.91 Å². The molecule has 2 N–H and O–H groups in total. The van der Waals surface area contributed by atoms with E-state index in [1.807, 2.05) is 52.1 Å². The summed E-state index contributed by atoms with van der Waals surface area (Å²) in [5, 5.41) is 10.8. The van der Waals surface area contributed by atoms with Crippen molar-refractivity contribution >= 4 is 39.1 Å². The molecule has 0 aliphatic carbocycles. The van der Waals surface area contributed by atoms with Crippen molar-refractivity contribution in [1.82, 2.24) is 15.1 Å². The molecule has 2 aromatic heterocycles. The lowest BCUT2D eigenvalue weighted by Gasteiger charge is -2.11. The molecule has 2 amide bonds. The Balaban J connectivity index is 1.65. The highest BCUT2D eigenvalue weighted by molar-refractivity contribution is 7.20. The Morgan fingerprint density at radius 1 is 1.20 bits per heavy atom. The summed E-state index contributed by atoms with van der Waals surface area (Å²) >= 11 is 1.37. The van der Waals surface area contributed by atoms with Crippen molar-refractivity contribution in [3.05, 3.63) is 46.0 Å². The maximum atomic E-state index is 12.3. The molecule has 2 heterocycles. The summed E-state index contributed by atoms with van der Waals surface area (Å²) in [5.41, 5.74) is 3.67. The van der Waals surface area contributed by atoms with Crippen molar-refractivity contribution < 1.29 is 9.59 Å². The first-order valence-electron chi connectivity index (χ1n) is 7.94. The minimum Gasteiger partial charge on any atom is -0.342 e. The van der Waals surface area contributed by atoms with Gasteiger partial charge in [-0.1, -0.05) is 18.2 Å².